The molecule has 0 bridgehead atoms. The van der Waals surface area contributed by atoms with Gasteiger partial charge in [0.05, 0.1) is 13.2 Å². The Kier molecular flexibility index (Phi) is 4.49. The van der Waals surface area contributed by atoms with Crippen molar-refractivity contribution in [2.75, 3.05) is 6.61 Å². The maximum atomic E-state index is 13.0. The fourth-order valence-electron chi connectivity index (χ4n) is 3.02. The number of rotatable bonds is 5. The molecule has 1 N–H and O–H groups in total. The number of hydrogen-bond donors (Lipinski definition) is 1. The number of benzene rings is 2. The Morgan fingerprint density at radius 1 is 1.08 bits per heavy atom. The zero-order valence-corrected chi connectivity index (χ0v) is 14.7. The molecule has 25 heavy (non-hydrogen) atoms. The van der Waals surface area contributed by atoms with Crippen molar-refractivity contribution in [2.24, 2.45) is 0 Å². The molecule has 1 saturated heterocycles. The smallest absolute Gasteiger partial charge is 0.325 e. The highest BCUT2D eigenvalue weighted by Gasteiger charge is 2.48. The van der Waals surface area contributed by atoms with Gasteiger partial charge in [0.15, 0.2) is 0 Å². The molecule has 0 aliphatic carbocycles. The highest BCUT2D eigenvalue weighted by Crippen LogP contribution is 2.31. The molecule has 0 aromatic heterocycles. The molecule has 130 valence electrons. The Labute approximate surface area is 147 Å². The second-order valence-electron chi connectivity index (χ2n) is 6.35. The number of carbonyl (C=O) groups excluding carboxylic acids is 2. The van der Waals surface area contributed by atoms with Gasteiger partial charge in [-0.3, -0.25) is 9.69 Å². The van der Waals surface area contributed by atoms with Gasteiger partial charge < -0.3 is 10.1 Å². The van der Waals surface area contributed by atoms with Crippen molar-refractivity contribution in [2.45, 2.75) is 32.9 Å². The third-order valence-electron chi connectivity index (χ3n) is 4.50. The molecule has 1 fully saturated rings. The summed E-state index contributed by atoms with van der Waals surface area (Å²) in [4.78, 5) is 26.7. The van der Waals surface area contributed by atoms with Crippen molar-refractivity contribution < 1.29 is 14.3 Å². The summed E-state index contributed by atoms with van der Waals surface area (Å²) in [5.41, 5.74) is 1.63. The van der Waals surface area contributed by atoms with Crippen LogP contribution < -0.4 is 10.1 Å². The summed E-state index contributed by atoms with van der Waals surface area (Å²) in [6, 6.07) is 14.7. The predicted molar refractivity (Wildman–Crippen MR) is 95.2 cm³/mol. The van der Waals surface area contributed by atoms with E-state index in [9.17, 15) is 9.59 Å². The van der Waals surface area contributed by atoms with E-state index in [-0.39, 0.29) is 18.5 Å². The topological polar surface area (TPSA) is 58.6 Å². The minimum absolute atomic E-state index is 0.183. The minimum atomic E-state index is -1.05. The number of nitrogens with zero attached hydrogens (tertiary/aromatic N) is 1. The summed E-state index contributed by atoms with van der Waals surface area (Å²) in [6.07, 6.45) is 0. The van der Waals surface area contributed by atoms with Gasteiger partial charge >= 0.3 is 6.03 Å². The normalized spacial score (nSPS) is 19.9. The van der Waals surface area contributed by atoms with Crippen LogP contribution in [0.15, 0.2) is 48.5 Å². The number of aryl methyl sites for hydroxylation is 1. The summed E-state index contributed by atoms with van der Waals surface area (Å²) >= 11 is 0. The van der Waals surface area contributed by atoms with Crippen molar-refractivity contribution in [3.63, 3.8) is 0 Å². The predicted octanol–water partition coefficient (Wildman–Crippen LogP) is 3.36. The Morgan fingerprint density at radius 3 is 2.44 bits per heavy atom. The van der Waals surface area contributed by atoms with E-state index in [0.717, 1.165) is 16.7 Å². The first kappa shape index (κ1) is 17.0. The largest absolute Gasteiger partial charge is 0.494 e. The van der Waals surface area contributed by atoms with Gasteiger partial charge in [-0.15, -0.1) is 0 Å². The minimum Gasteiger partial charge on any atom is -0.494 e. The van der Waals surface area contributed by atoms with Gasteiger partial charge in [-0.25, -0.2) is 4.79 Å². The molecule has 2 aromatic rings. The number of hydrogen-bond acceptors (Lipinski definition) is 3. The molecule has 1 aliphatic heterocycles. The second kappa shape index (κ2) is 6.59. The molecule has 3 rings (SSSR count). The molecule has 1 atom stereocenters. The molecule has 5 heteroatoms. The molecule has 3 amide bonds. The van der Waals surface area contributed by atoms with Crippen LogP contribution in [0, 0.1) is 6.92 Å². The number of urea groups is 1. The molecule has 1 aliphatic rings. The van der Waals surface area contributed by atoms with Gasteiger partial charge in [0.1, 0.15) is 11.3 Å². The molecular weight excluding hydrogens is 316 g/mol. The summed E-state index contributed by atoms with van der Waals surface area (Å²) in [6.45, 7) is 6.34. The lowest BCUT2D eigenvalue weighted by molar-refractivity contribution is -0.131. The van der Waals surface area contributed by atoms with Crippen molar-refractivity contribution in [3.8, 4) is 5.75 Å². The molecule has 0 unspecified atom stereocenters. The van der Waals surface area contributed by atoms with Gasteiger partial charge in [0, 0.05) is 5.56 Å². The van der Waals surface area contributed by atoms with E-state index < -0.39 is 5.54 Å². The first-order chi connectivity index (χ1) is 12.0. The van der Waals surface area contributed by atoms with Crippen molar-refractivity contribution in [3.05, 3.63) is 65.2 Å². The Hall–Kier alpha value is -2.82. The third kappa shape index (κ3) is 3.09. The first-order valence-corrected chi connectivity index (χ1v) is 8.37. The summed E-state index contributed by atoms with van der Waals surface area (Å²) in [7, 11) is 0. The van der Waals surface area contributed by atoms with E-state index in [2.05, 4.69) is 5.32 Å². The lowest BCUT2D eigenvalue weighted by atomic mass is 9.91. The maximum absolute atomic E-state index is 13.0. The maximum Gasteiger partial charge on any atom is 0.325 e. The third-order valence-corrected chi connectivity index (χ3v) is 4.50. The number of carbonyl (C=O) groups is 2. The van der Waals surface area contributed by atoms with E-state index in [4.69, 9.17) is 4.74 Å². The van der Waals surface area contributed by atoms with Crippen molar-refractivity contribution in [1.82, 2.24) is 10.2 Å². The van der Waals surface area contributed by atoms with Crippen LogP contribution in [0.5, 0.6) is 5.75 Å². The number of para-hydroxylation sites is 1. The Bertz CT molecular complexity index is 801. The Morgan fingerprint density at radius 2 is 1.76 bits per heavy atom. The zero-order chi connectivity index (χ0) is 18.0. The van der Waals surface area contributed by atoms with E-state index >= 15 is 0 Å². The average Bonchev–Trinajstić information content (AvgIpc) is 2.81. The summed E-state index contributed by atoms with van der Waals surface area (Å²) in [5.74, 6) is 0.433. The SMILES string of the molecule is CCOc1ccccc1CN1C(=O)N[C@@](C)(c2ccc(C)cc2)C1=O. The number of amides is 3. The van der Waals surface area contributed by atoms with Crippen molar-refractivity contribution in [1.29, 1.82) is 0 Å². The van der Waals surface area contributed by atoms with Gasteiger partial charge in [-0.2, -0.15) is 0 Å². The van der Waals surface area contributed by atoms with Crippen LogP contribution in [-0.4, -0.2) is 23.4 Å². The summed E-state index contributed by atoms with van der Waals surface area (Å²) < 4.78 is 5.60. The van der Waals surface area contributed by atoms with Gasteiger partial charge in [0.2, 0.25) is 0 Å². The van der Waals surface area contributed by atoms with E-state index in [1.54, 1.807) is 6.92 Å². The fourth-order valence-corrected chi connectivity index (χ4v) is 3.02. The highest BCUT2D eigenvalue weighted by molar-refractivity contribution is 6.07. The van der Waals surface area contributed by atoms with E-state index in [1.807, 2.05) is 62.4 Å². The van der Waals surface area contributed by atoms with Gasteiger partial charge in [0.25, 0.3) is 5.91 Å². The molecule has 0 spiro atoms. The second-order valence-corrected chi connectivity index (χ2v) is 6.35. The number of nitrogens with one attached hydrogen (secondary N) is 1. The number of ether oxygens (including phenoxy) is 1. The summed E-state index contributed by atoms with van der Waals surface area (Å²) in [5, 5.41) is 2.83. The van der Waals surface area contributed by atoms with E-state index in [1.165, 1.54) is 4.90 Å². The highest BCUT2D eigenvalue weighted by atomic mass is 16.5. The monoisotopic (exact) mass is 338 g/mol. The number of imide groups is 1. The molecule has 2 aromatic carbocycles. The molecule has 0 saturated carbocycles. The van der Waals surface area contributed by atoms with Crippen molar-refractivity contribution >= 4 is 11.9 Å². The van der Waals surface area contributed by atoms with Crippen LogP contribution in [0.4, 0.5) is 4.79 Å². The van der Waals surface area contributed by atoms with Crippen LogP contribution in [0.2, 0.25) is 0 Å². The van der Waals surface area contributed by atoms with Gasteiger partial charge in [-0.1, -0.05) is 48.0 Å². The van der Waals surface area contributed by atoms with Crippen LogP contribution in [0.3, 0.4) is 0 Å². The molecule has 1 heterocycles. The standard InChI is InChI=1S/C20H22N2O3/c1-4-25-17-8-6-5-7-15(17)13-22-18(23)20(3,21-19(22)24)16-11-9-14(2)10-12-16/h5-12H,4,13H2,1-3H3,(H,21,24)/t20-/m0/s1. The quantitative estimate of drug-likeness (QED) is 0.851. The van der Waals surface area contributed by atoms with Crippen LogP contribution in [-0.2, 0) is 16.9 Å². The molecule has 0 radical (unpaired) electrons. The fraction of sp³-hybridized carbons (Fsp3) is 0.300. The average molecular weight is 338 g/mol. The van der Waals surface area contributed by atoms with Crippen LogP contribution >= 0.6 is 0 Å². The van der Waals surface area contributed by atoms with Crippen LogP contribution in [0.1, 0.15) is 30.5 Å². The lowest BCUT2D eigenvalue weighted by Crippen LogP contribution is -2.40. The lowest BCUT2D eigenvalue weighted by Gasteiger charge is -2.22. The zero-order valence-electron chi connectivity index (χ0n) is 14.7. The van der Waals surface area contributed by atoms with Crippen LogP contribution in [0.25, 0.3) is 0 Å². The molecule has 5 nitrogen and oxygen atoms in total. The van der Waals surface area contributed by atoms with Gasteiger partial charge in [-0.05, 0) is 32.4 Å². The van der Waals surface area contributed by atoms with E-state index in [0.29, 0.717) is 12.4 Å². The molecular formula is C20H22N2O3. The first-order valence-electron chi connectivity index (χ1n) is 8.37. The Balaban J connectivity index is 1.88.